The van der Waals surface area contributed by atoms with Gasteiger partial charge in [-0.3, -0.25) is 4.68 Å². The Hall–Kier alpha value is -2.65. The van der Waals surface area contributed by atoms with Crippen LogP contribution in [0.4, 0.5) is 23.0 Å². The minimum Gasteiger partial charge on any atom is -0.393 e. The predicted octanol–water partition coefficient (Wildman–Crippen LogP) is 4.66. The monoisotopic (exact) mass is 476 g/mol. The molecule has 0 aromatic carbocycles. The van der Waals surface area contributed by atoms with Crippen molar-refractivity contribution in [1.29, 1.82) is 0 Å². The van der Waals surface area contributed by atoms with E-state index in [1.165, 1.54) is 10.9 Å². The Kier molecular flexibility index (Phi) is 10.6. The van der Waals surface area contributed by atoms with Crippen LogP contribution in [-0.2, 0) is 22.9 Å². The highest BCUT2D eigenvalue weighted by Crippen LogP contribution is 2.21. The fourth-order valence-corrected chi connectivity index (χ4v) is 3.73. The van der Waals surface area contributed by atoms with E-state index >= 15 is 0 Å². The molecule has 10 nitrogen and oxygen atoms in total. The van der Waals surface area contributed by atoms with E-state index in [4.69, 9.17) is 34.1 Å². The number of anilines is 2. The summed E-state index contributed by atoms with van der Waals surface area (Å²) in [6, 6.07) is 2.24. The van der Waals surface area contributed by atoms with Crippen molar-refractivity contribution < 1.29 is 9.47 Å². The number of nitrogens with two attached hydrogens (primary N) is 2. The molecule has 2 aromatic rings. The molecule has 0 aliphatic carbocycles. The quantitative estimate of drug-likeness (QED) is 0.293. The molecule has 0 spiro atoms. The van der Waals surface area contributed by atoms with Crippen LogP contribution in [0.5, 0.6) is 0 Å². The van der Waals surface area contributed by atoms with Crippen molar-refractivity contribution >= 4 is 39.2 Å². The van der Waals surface area contributed by atoms with Gasteiger partial charge in [0.1, 0.15) is 19.3 Å². The van der Waals surface area contributed by atoms with Gasteiger partial charge in [-0.2, -0.15) is 10.2 Å². The summed E-state index contributed by atoms with van der Waals surface area (Å²) in [6.45, 7) is 29.7. The largest absolute Gasteiger partial charge is 0.393 e. The van der Waals surface area contributed by atoms with E-state index in [0.717, 1.165) is 25.3 Å². The summed E-state index contributed by atoms with van der Waals surface area (Å²) >= 11 is 0. The summed E-state index contributed by atoms with van der Waals surface area (Å²) in [5.41, 5.74) is 12.0. The molecule has 32 heavy (non-hydrogen) atoms. The van der Waals surface area contributed by atoms with Gasteiger partial charge in [0.05, 0.1) is 19.3 Å². The number of aromatic nitrogens is 4. The van der Waals surface area contributed by atoms with Gasteiger partial charge in [-0.25, -0.2) is 14.4 Å². The number of nitrogen functional groups attached to an aromatic ring is 2. The lowest BCUT2D eigenvalue weighted by molar-refractivity contribution is 0.0788. The summed E-state index contributed by atoms with van der Waals surface area (Å²) in [4.78, 5) is 6.50. The molecule has 2 heterocycles. The van der Waals surface area contributed by atoms with E-state index in [1.54, 1.807) is 10.9 Å². The standard InChI is InChI=1S/2C10H18N4OSi/c1-12-9-7-14(13-10(9)11)8-15-5-6-16(2,3)4;1-12-9-7-13-14(10(9)11)8-15-5-6-16(2,3)4/h7H,5-6,8H2,2-4H3,(H2,11,13);7H,5-6,8,11H2,2-4H3. The number of nitrogens with zero attached hydrogens (tertiary/aromatic N) is 6. The van der Waals surface area contributed by atoms with Crippen LogP contribution in [0.1, 0.15) is 0 Å². The van der Waals surface area contributed by atoms with Gasteiger partial charge in [-0.05, 0) is 12.1 Å². The van der Waals surface area contributed by atoms with E-state index in [-0.39, 0.29) is 5.82 Å². The van der Waals surface area contributed by atoms with E-state index in [9.17, 15) is 0 Å². The van der Waals surface area contributed by atoms with Crippen LogP contribution in [0, 0.1) is 13.1 Å². The van der Waals surface area contributed by atoms with Gasteiger partial charge in [-0.15, -0.1) is 0 Å². The normalized spacial score (nSPS) is 11.4. The van der Waals surface area contributed by atoms with Crippen molar-refractivity contribution in [2.45, 2.75) is 64.8 Å². The second-order valence-electron chi connectivity index (χ2n) is 9.77. The van der Waals surface area contributed by atoms with Crippen molar-refractivity contribution in [2.75, 3.05) is 24.7 Å². The molecule has 12 heteroatoms. The minimum absolute atomic E-state index is 0.267. The van der Waals surface area contributed by atoms with E-state index in [1.807, 2.05) is 0 Å². The lowest BCUT2D eigenvalue weighted by Crippen LogP contribution is -2.22. The Morgan fingerprint density at radius 2 is 1.44 bits per heavy atom. The number of ether oxygens (including phenoxy) is 2. The molecular formula is C20H36N8O2Si2. The first kappa shape index (κ1) is 27.4. The summed E-state index contributed by atoms with van der Waals surface area (Å²) in [5.74, 6) is 0.645. The molecule has 0 aliphatic heterocycles. The SMILES string of the molecule is [C-]#[N+]c1cn(COCC[Si](C)(C)C)nc1N.[C-]#[N+]c1cnn(COCC[Si](C)(C)C)c1N. The van der Waals surface area contributed by atoms with E-state index in [2.05, 4.69) is 59.2 Å². The van der Waals surface area contributed by atoms with Gasteiger partial charge in [-0.1, -0.05) is 39.3 Å². The maximum atomic E-state index is 6.85. The molecule has 0 radical (unpaired) electrons. The van der Waals surface area contributed by atoms with Crippen LogP contribution in [-0.4, -0.2) is 48.9 Å². The fraction of sp³-hybridized carbons (Fsp3) is 0.600. The maximum Gasteiger partial charge on any atom is 0.247 e. The van der Waals surface area contributed by atoms with Crippen LogP contribution in [0.3, 0.4) is 0 Å². The number of rotatable bonds is 10. The van der Waals surface area contributed by atoms with Crippen molar-refractivity contribution in [2.24, 2.45) is 0 Å². The molecule has 0 atom stereocenters. The van der Waals surface area contributed by atoms with Crippen molar-refractivity contribution in [3.8, 4) is 0 Å². The van der Waals surface area contributed by atoms with Crippen LogP contribution in [0.25, 0.3) is 9.69 Å². The summed E-state index contributed by atoms with van der Waals surface area (Å²) in [5, 5.41) is 7.97. The molecule has 0 saturated heterocycles. The minimum atomic E-state index is -1.05. The van der Waals surface area contributed by atoms with Crippen molar-refractivity contribution in [3.63, 3.8) is 0 Å². The zero-order valence-electron chi connectivity index (χ0n) is 20.1. The molecule has 0 saturated carbocycles. The fourth-order valence-electron chi connectivity index (χ4n) is 2.22. The third-order valence-corrected chi connectivity index (χ3v) is 7.71. The van der Waals surface area contributed by atoms with Gasteiger partial charge in [0.2, 0.25) is 11.4 Å². The topological polar surface area (TPSA) is 115 Å². The van der Waals surface area contributed by atoms with Crippen molar-refractivity contribution in [1.82, 2.24) is 19.6 Å². The zero-order chi connectivity index (χ0) is 24.4. The zero-order valence-corrected chi connectivity index (χ0v) is 22.1. The molecule has 0 amide bonds. The molecule has 176 valence electrons. The number of hydrogen-bond acceptors (Lipinski definition) is 6. The Balaban J connectivity index is 0.000000320. The first-order chi connectivity index (χ1) is 14.9. The molecule has 0 unspecified atom stereocenters. The van der Waals surface area contributed by atoms with Crippen molar-refractivity contribution in [3.05, 3.63) is 35.2 Å². The number of hydrogen-bond donors (Lipinski definition) is 2. The molecule has 0 bridgehead atoms. The highest BCUT2D eigenvalue weighted by atomic mass is 28.3. The van der Waals surface area contributed by atoms with Gasteiger partial charge in [0.15, 0.2) is 5.82 Å². The molecule has 4 N–H and O–H groups in total. The maximum absolute atomic E-state index is 6.85. The third kappa shape index (κ3) is 10.6. The van der Waals surface area contributed by atoms with Crippen LogP contribution >= 0.6 is 0 Å². The second-order valence-corrected chi connectivity index (χ2v) is 21.0. The predicted molar refractivity (Wildman–Crippen MR) is 134 cm³/mol. The lowest BCUT2D eigenvalue weighted by atomic mass is 10.5. The average molecular weight is 477 g/mol. The molecule has 2 rings (SSSR count). The van der Waals surface area contributed by atoms with Crippen LogP contribution < -0.4 is 11.5 Å². The molecule has 0 aliphatic rings. The lowest BCUT2D eigenvalue weighted by Gasteiger charge is -2.15. The van der Waals surface area contributed by atoms with Gasteiger partial charge in [0.25, 0.3) is 0 Å². The summed E-state index contributed by atoms with van der Waals surface area (Å²) in [6.07, 6.45) is 3.07. The van der Waals surface area contributed by atoms with Crippen LogP contribution in [0.15, 0.2) is 12.4 Å². The van der Waals surface area contributed by atoms with Gasteiger partial charge < -0.3 is 20.9 Å². The van der Waals surface area contributed by atoms with E-state index in [0.29, 0.717) is 30.7 Å². The molecule has 0 fully saturated rings. The molecule has 2 aromatic heterocycles. The highest BCUT2D eigenvalue weighted by Gasteiger charge is 2.13. The first-order valence-electron chi connectivity index (χ1n) is 10.4. The summed E-state index contributed by atoms with van der Waals surface area (Å²) in [7, 11) is -2.08. The van der Waals surface area contributed by atoms with E-state index < -0.39 is 16.1 Å². The average Bonchev–Trinajstić information content (AvgIpc) is 3.23. The highest BCUT2D eigenvalue weighted by molar-refractivity contribution is 6.76. The van der Waals surface area contributed by atoms with Gasteiger partial charge in [0, 0.05) is 35.6 Å². The smallest absolute Gasteiger partial charge is 0.247 e. The second kappa shape index (κ2) is 12.4. The Morgan fingerprint density at radius 1 is 0.906 bits per heavy atom. The summed E-state index contributed by atoms with van der Waals surface area (Å²) < 4.78 is 14.0. The van der Waals surface area contributed by atoms with Crippen LogP contribution in [0.2, 0.25) is 51.4 Å². The third-order valence-electron chi connectivity index (χ3n) is 4.30. The Morgan fingerprint density at radius 3 is 1.88 bits per heavy atom. The first-order valence-corrected chi connectivity index (χ1v) is 17.8. The Labute approximate surface area is 193 Å². The molecular weight excluding hydrogens is 440 g/mol. The Bertz CT molecular complexity index is 918. The van der Waals surface area contributed by atoms with Gasteiger partial charge >= 0.3 is 0 Å².